The molecule has 1 aliphatic rings. The smallest absolute Gasteiger partial charge is 0.416 e. The molecule has 0 aliphatic carbocycles. The van der Waals surface area contributed by atoms with Crippen molar-refractivity contribution in [3.8, 4) is 11.8 Å². The minimum atomic E-state index is -4.52. The third-order valence-electron chi connectivity index (χ3n) is 5.10. The maximum atomic E-state index is 13.3. The Morgan fingerprint density at radius 1 is 1.24 bits per heavy atom. The average Bonchev–Trinajstić information content (AvgIpc) is 3.27. The molecular weight excluding hydrogens is 399 g/mol. The fourth-order valence-corrected chi connectivity index (χ4v) is 4.57. The molecule has 2 heterocycles. The van der Waals surface area contributed by atoms with Gasteiger partial charge < -0.3 is 4.74 Å². The number of ether oxygens (including phenoxy) is 1. The number of quaternary nitrogens is 1. The topological polar surface area (TPSA) is 45.9 Å². The van der Waals surface area contributed by atoms with Gasteiger partial charge in [0.2, 0.25) is 0 Å². The summed E-state index contributed by atoms with van der Waals surface area (Å²) in [5.41, 5.74) is 0.346. The van der Waals surface area contributed by atoms with E-state index in [1.54, 1.807) is 6.20 Å². The van der Waals surface area contributed by atoms with Crippen molar-refractivity contribution in [3.05, 3.63) is 65.2 Å². The van der Waals surface area contributed by atoms with E-state index in [0.717, 1.165) is 17.8 Å². The van der Waals surface area contributed by atoms with E-state index in [1.807, 2.05) is 42.6 Å². The minimum Gasteiger partial charge on any atom is -0.478 e. The molecule has 0 N–H and O–H groups in total. The highest BCUT2D eigenvalue weighted by Gasteiger charge is 2.48. The number of benzene rings is 2. The van der Waals surface area contributed by atoms with Gasteiger partial charge >= 0.3 is 6.18 Å². The van der Waals surface area contributed by atoms with Crippen LogP contribution in [-0.2, 0) is 6.18 Å². The molecule has 8 heteroatoms. The summed E-state index contributed by atoms with van der Waals surface area (Å²) in [5, 5.41) is 12.2. The molecular formula is C21H17F3N3OS+. The summed E-state index contributed by atoms with van der Waals surface area (Å²) in [5.74, 6) is 0.643. The quantitative estimate of drug-likeness (QED) is 0.479. The zero-order valence-electron chi connectivity index (χ0n) is 15.5. The van der Waals surface area contributed by atoms with E-state index in [9.17, 15) is 18.4 Å². The van der Waals surface area contributed by atoms with Crippen molar-refractivity contribution in [2.24, 2.45) is 0 Å². The van der Waals surface area contributed by atoms with Gasteiger partial charge in [0.1, 0.15) is 24.3 Å². The third-order valence-corrected chi connectivity index (χ3v) is 5.99. The SMILES string of the molecule is CCC1C[N+](c2nccs2)(c2ccc(C(F)(F)F)cc2C#N)c2ccccc2O1. The predicted molar refractivity (Wildman–Crippen MR) is 105 cm³/mol. The first-order valence-electron chi connectivity index (χ1n) is 9.06. The van der Waals surface area contributed by atoms with Crippen LogP contribution >= 0.6 is 11.3 Å². The molecule has 2 aromatic carbocycles. The lowest BCUT2D eigenvalue weighted by Gasteiger charge is -2.41. The summed E-state index contributed by atoms with van der Waals surface area (Å²) in [7, 11) is 0. The Morgan fingerprint density at radius 2 is 2.03 bits per heavy atom. The van der Waals surface area contributed by atoms with Crippen LogP contribution in [0.3, 0.4) is 0 Å². The monoisotopic (exact) mass is 416 g/mol. The van der Waals surface area contributed by atoms with Crippen LogP contribution in [0.15, 0.2) is 54.0 Å². The summed E-state index contributed by atoms with van der Waals surface area (Å²) in [6, 6.07) is 12.7. The van der Waals surface area contributed by atoms with Gasteiger partial charge in [-0.1, -0.05) is 30.4 Å². The van der Waals surface area contributed by atoms with Crippen molar-refractivity contribution >= 4 is 27.8 Å². The molecule has 1 aliphatic heterocycles. The van der Waals surface area contributed by atoms with E-state index in [0.29, 0.717) is 29.5 Å². The summed E-state index contributed by atoms with van der Waals surface area (Å²) in [4.78, 5) is 4.51. The molecule has 2 atom stereocenters. The van der Waals surface area contributed by atoms with Crippen molar-refractivity contribution < 1.29 is 17.9 Å². The highest BCUT2D eigenvalue weighted by atomic mass is 32.1. The normalized spacial score (nSPS) is 21.1. The van der Waals surface area contributed by atoms with E-state index in [2.05, 4.69) is 4.98 Å². The second-order valence-electron chi connectivity index (χ2n) is 6.76. The van der Waals surface area contributed by atoms with E-state index < -0.39 is 11.7 Å². The van der Waals surface area contributed by atoms with Gasteiger partial charge in [-0.25, -0.2) is 0 Å². The second-order valence-corrected chi connectivity index (χ2v) is 7.64. The molecule has 0 radical (unpaired) electrons. The Kier molecular flexibility index (Phi) is 4.81. The van der Waals surface area contributed by atoms with Crippen molar-refractivity contribution in [2.75, 3.05) is 6.54 Å². The zero-order valence-corrected chi connectivity index (χ0v) is 16.3. The molecule has 0 amide bonds. The molecule has 3 aromatic rings. The molecule has 0 saturated carbocycles. The van der Waals surface area contributed by atoms with Gasteiger partial charge in [0.05, 0.1) is 5.56 Å². The molecule has 1 aromatic heterocycles. The number of thiazole rings is 1. The molecule has 4 nitrogen and oxygen atoms in total. The Bertz CT molecular complexity index is 1080. The maximum absolute atomic E-state index is 13.3. The van der Waals surface area contributed by atoms with Crippen LogP contribution in [0.5, 0.6) is 5.75 Å². The number of hydrogen-bond acceptors (Lipinski definition) is 4. The lowest BCUT2D eigenvalue weighted by molar-refractivity contribution is -0.137. The first kappa shape index (κ1) is 19.4. The lowest BCUT2D eigenvalue weighted by Crippen LogP contribution is -2.50. The second kappa shape index (κ2) is 7.17. The lowest BCUT2D eigenvalue weighted by atomic mass is 10.0. The van der Waals surface area contributed by atoms with Crippen LogP contribution in [-0.4, -0.2) is 17.6 Å². The molecule has 2 unspecified atom stereocenters. The number of aromatic nitrogens is 1. The van der Waals surface area contributed by atoms with Gasteiger partial charge in [-0.15, -0.1) is 0 Å². The van der Waals surface area contributed by atoms with Crippen molar-refractivity contribution in [1.29, 1.82) is 5.26 Å². The summed E-state index contributed by atoms with van der Waals surface area (Å²) in [6.45, 7) is 2.42. The molecule has 148 valence electrons. The Morgan fingerprint density at radius 3 is 2.69 bits per heavy atom. The Balaban J connectivity index is 2.05. The van der Waals surface area contributed by atoms with Gasteiger partial charge in [0, 0.05) is 23.7 Å². The number of nitriles is 1. The van der Waals surface area contributed by atoms with E-state index >= 15 is 0 Å². The molecule has 0 saturated heterocycles. The largest absolute Gasteiger partial charge is 0.478 e. The number of rotatable bonds is 3. The maximum Gasteiger partial charge on any atom is 0.416 e. The third kappa shape index (κ3) is 3.16. The van der Waals surface area contributed by atoms with Crippen LogP contribution in [0, 0.1) is 11.3 Å². The fraction of sp³-hybridized carbons (Fsp3) is 0.238. The first-order chi connectivity index (χ1) is 13.9. The average molecular weight is 416 g/mol. The predicted octanol–water partition coefficient (Wildman–Crippen LogP) is 6.18. The van der Waals surface area contributed by atoms with Crippen molar-refractivity contribution in [1.82, 2.24) is 9.47 Å². The van der Waals surface area contributed by atoms with Gasteiger partial charge in [0.25, 0.3) is 5.13 Å². The standard InChI is InChI=1S/C21H17F3N3OS/c1-2-16-13-27(20-26-9-10-29-20,18-5-3-4-6-19(18)28-16)17-8-7-15(21(22,23)24)11-14(17)12-25/h3-11,16H,2,13H2,1H3/q+1. The number of nitrogens with zero attached hydrogens (tertiary/aromatic N) is 3. The van der Waals surface area contributed by atoms with Crippen LogP contribution < -0.4 is 9.22 Å². The highest BCUT2D eigenvalue weighted by Crippen LogP contribution is 2.53. The fourth-order valence-electron chi connectivity index (χ4n) is 3.76. The molecule has 29 heavy (non-hydrogen) atoms. The number of alkyl halides is 3. The Labute approximate surface area is 170 Å². The molecule has 0 bridgehead atoms. The molecule has 0 fully saturated rings. The highest BCUT2D eigenvalue weighted by molar-refractivity contribution is 7.13. The van der Waals surface area contributed by atoms with Crippen LogP contribution in [0.4, 0.5) is 29.7 Å². The zero-order chi connectivity index (χ0) is 20.6. The van der Waals surface area contributed by atoms with Crippen LogP contribution in [0.25, 0.3) is 0 Å². The van der Waals surface area contributed by atoms with Gasteiger partial charge in [-0.2, -0.15) is 27.9 Å². The first-order valence-corrected chi connectivity index (χ1v) is 9.94. The Hall–Kier alpha value is -2.89. The summed E-state index contributed by atoms with van der Waals surface area (Å²) in [6.07, 6.45) is -2.33. The van der Waals surface area contributed by atoms with Crippen molar-refractivity contribution in [3.63, 3.8) is 0 Å². The minimum absolute atomic E-state index is 0.0263. The van der Waals surface area contributed by atoms with E-state index in [1.165, 1.54) is 17.4 Å². The number of para-hydroxylation sites is 2. The molecule has 0 spiro atoms. The van der Waals surface area contributed by atoms with Gasteiger partial charge in [-0.05, 0) is 24.6 Å². The summed E-state index contributed by atoms with van der Waals surface area (Å²) >= 11 is 1.40. The number of fused-ring (bicyclic) bond motifs is 1. The molecule has 4 rings (SSSR count). The summed E-state index contributed by atoms with van der Waals surface area (Å²) < 4.78 is 45.9. The van der Waals surface area contributed by atoms with Crippen molar-refractivity contribution in [2.45, 2.75) is 25.6 Å². The van der Waals surface area contributed by atoms with Gasteiger partial charge in [0.15, 0.2) is 17.1 Å². The number of hydrogen-bond donors (Lipinski definition) is 0. The van der Waals surface area contributed by atoms with E-state index in [4.69, 9.17) is 4.74 Å². The van der Waals surface area contributed by atoms with Crippen LogP contribution in [0.1, 0.15) is 24.5 Å². The van der Waals surface area contributed by atoms with Crippen LogP contribution in [0.2, 0.25) is 0 Å². The number of halogens is 3. The van der Waals surface area contributed by atoms with Gasteiger partial charge in [-0.3, -0.25) is 0 Å². The van der Waals surface area contributed by atoms with E-state index in [-0.39, 0.29) is 16.2 Å².